The molecule has 0 saturated carbocycles. The monoisotopic (exact) mass is 163 g/mol. The molecule has 1 aromatic rings. The summed E-state index contributed by atoms with van der Waals surface area (Å²) in [5.41, 5.74) is 10.7. The van der Waals surface area contributed by atoms with Gasteiger partial charge in [0, 0.05) is 5.69 Å². The zero-order chi connectivity index (χ0) is 9.30. The first-order chi connectivity index (χ1) is 5.52. The number of anilines is 1. The number of nitrogens with two attached hydrogens (primary N) is 1. The van der Waals surface area contributed by atoms with E-state index < -0.39 is 0 Å². The van der Waals surface area contributed by atoms with Crippen LogP contribution in [0.3, 0.4) is 0 Å². The molecule has 0 fully saturated rings. The third-order valence-corrected chi connectivity index (χ3v) is 2.14. The highest BCUT2D eigenvalue weighted by Crippen LogP contribution is 2.26. The Balaban J connectivity index is 3.28. The molecule has 1 rings (SSSR count). The fraction of sp³-hybridized carbons (Fsp3) is 0.455. The van der Waals surface area contributed by atoms with Crippen molar-refractivity contribution in [2.45, 2.75) is 33.6 Å². The summed E-state index contributed by atoms with van der Waals surface area (Å²) in [5, 5.41) is 0. The first-order valence-corrected chi connectivity index (χ1v) is 4.39. The van der Waals surface area contributed by atoms with Crippen LogP contribution in [-0.2, 0) is 0 Å². The topological polar surface area (TPSA) is 26.0 Å². The quantitative estimate of drug-likeness (QED) is 0.633. The van der Waals surface area contributed by atoms with Crippen LogP contribution in [0.2, 0.25) is 0 Å². The van der Waals surface area contributed by atoms with Crippen molar-refractivity contribution in [1.82, 2.24) is 0 Å². The number of hydrogen-bond donors (Lipinski definition) is 1. The molecule has 0 spiro atoms. The second-order valence-corrected chi connectivity index (χ2v) is 3.74. The molecule has 0 bridgehead atoms. The van der Waals surface area contributed by atoms with Crippen molar-refractivity contribution in [2.24, 2.45) is 0 Å². The molecule has 0 heterocycles. The third-order valence-electron chi connectivity index (χ3n) is 2.14. The maximum atomic E-state index is 5.92. The summed E-state index contributed by atoms with van der Waals surface area (Å²) < 4.78 is 0. The van der Waals surface area contributed by atoms with E-state index in [1.54, 1.807) is 0 Å². The smallest absolute Gasteiger partial charge is 0.0354 e. The lowest BCUT2D eigenvalue weighted by atomic mass is 9.94. The molecule has 0 aromatic heterocycles. The largest absolute Gasteiger partial charge is 0.398 e. The van der Waals surface area contributed by atoms with Crippen molar-refractivity contribution < 1.29 is 0 Å². The maximum Gasteiger partial charge on any atom is 0.0354 e. The number of aryl methyl sites for hydroxylation is 2. The van der Waals surface area contributed by atoms with Gasteiger partial charge in [0.05, 0.1) is 0 Å². The number of hydrogen-bond acceptors (Lipinski definition) is 1. The van der Waals surface area contributed by atoms with E-state index in [2.05, 4.69) is 33.8 Å². The van der Waals surface area contributed by atoms with Gasteiger partial charge in [-0.15, -0.1) is 0 Å². The van der Waals surface area contributed by atoms with E-state index in [0.717, 1.165) is 5.69 Å². The highest BCUT2D eigenvalue weighted by atomic mass is 14.6. The summed E-state index contributed by atoms with van der Waals surface area (Å²) in [4.78, 5) is 0. The van der Waals surface area contributed by atoms with Crippen LogP contribution in [0, 0.1) is 13.8 Å². The average Bonchev–Trinajstić information content (AvgIpc) is 1.82. The lowest BCUT2D eigenvalue weighted by Gasteiger charge is -2.13. The Morgan fingerprint density at radius 1 is 1.17 bits per heavy atom. The fourth-order valence-corrected chi connectivity index (χ4v) is 1.80. The molecule has 0 amide bonds. The zero-order valence-electron chi connectivity index (χ0n) is 8.31. The summed E-state index contributed by atoms with van der Waals surface area (Å²) >= 11 is 0. The van der Waals surface area contributed by atoms with Gasteiger partial charge < -0.3 is 5.73 Å². The van der Waals surface area contributed by atoms with E-state index in [1.165, 1.54) is 16.7 Å². The highest BCUT2D eigenvalue weighted by Gasteiger charge is 2.07. The molecule has 1 heteroatoms. The molecule has 0 atom stereocenters. The third kappa shape index (κ3) is 1.60. The number of rotatable bonds is 1. The molecular formula is C11H17N. The lowest BCUT2D eigenvalue weighted by Crippen LogP contribution is -2.00. The first kappa shape index (κ1) is 9.11. The average molecular weight is 163 g/mol. The minimum absolute atomic E-state index is 0.519. The summed E-state index contributed by atoms with van der Waals surface area (Å²) in [6.45, 7) is 8.55. The van der Waals surface area contributed by atoms with E-state index in [-0.39, 0.29) is 0 Å². The van der Waals surface area contributed by atoms with Crippen LogP contribution < -0.4 is 5.73 Å². The first-order valence-electron chi connectivity index (χ1n) is 4.39. The Labute approximate surface area is 74.6 Å². The van der Waals surface area contributed by atoms with Gasteiger partial charge >= 0.3 is 0 Å². The van der Waals surface area contributed by atoms with Gasteiger partial charge in [0.25, 0.3) is 0 Å². The van der Waals surface area contributed by atoms with Gasteiger partial charge in [-0.1, -0.05) is 19.9 Å². The van der Waals surface area contributed by atoms with Gasteiger partial charge in [-0.05, 0) is 42.5 Å². The van der Waals surface area contributed by atoms with Crippen molar-refractivity contribution in [1.29, 1.82) is 0 Å². The molecule has 2 N–H and O–H groups in total. The molecule has 0 unspecified atom stereocenters. The summed E-state index contributed by atoms with van der Waals surface area (Å²) in [7, 11) is 0. The summed E-state index contributed by atoms with van der Waals surface area (Å²) in [6.07, 6.45) is 0. The lowest BCUT2D eigenvalue weighted by molar-refractivity contribution is 0.859. The molecular weight excluding hydrogens is 146 g/mol. The van der Waals surface area contributed by atoms with Crippen LogP contribution in [0.1, 0.15) is 36.5 Å². The molecule has 0 saturated heterocycles. The molecule has 12 heavy (non-hydrogen) atoms. The number of nitrogen functional groups attached to an aromatic ring is 1. The zero-order valence-corrected chi connectivity index (χ0v) is 8.31. The Hall–Kier alpha value is -0.980. The Kier molecular flexibility index (Phi) is 2.41. The second-order valence-electron chi connectivity index (χ2n) is 3.74. The van der Waals surface area contributed by atoms with E-state index in [1.807, 2.05) is 6.07 Å². The van der Waals surface area contributed by atoms with E-state index >= 15 is 0 Å². The molecule has 0 aliphatic carbocycles. The maximum absolute atomic E-state index is 5.92. The van der Waals surface area contributed by atoms with Crippen LogP contribution in [0.15, 0.2) is 12.1 Å². The SMILES string of the molecule is Cc1cc(C)c(C(C)C)c(N)c1. The minimum Gasteiger partial charge on any atom is -0.398 e. The summed E-state index contributed by atoms with van der Waals surface area (Å²) in [5.74, 6) is 0.519. The number of benzene rings is 1. The molecule has 1 aromatic carbocycles. The van der Waals surface area contributed by atoms with Gasteiger partial charge in [-0.2, -0.15) is 0 Å². The fourth-order valence-electron chi connectivity index (χ4n) is 1.80. The van der Waals surface area contributed by atoms with Crippen molar-refractivity contribution in [3.63, 3.8) is 0 Å². The van der Waals surface area contributed by atoms with Crippen molar-refractivity contribution in [3.8, 4) is 0 Å². The van der Waals surface area contributed by atoms with Crippen molar-refractivity contribution in [2.75, 3.05) is 5.73 Å². The normalized spacial score (nSPS) is 10.8. The predicted octanol–water partition coefficient (Wildman–Crippen LogP) is 3.01. The van der Waals surface area contributed by atoms with Crippen LogP contribution in [0.5, 0.6) is 0 Å². The van der Waals surface area contributed by atoms with Crippen molar-refractivity contribution >= 4 is 5.69 Å². The van der Waals surface area contributed by atoms with Gasteiger partial charge in [0.15, 0.2) is 0 Å². The molecule has 0 radical (unpaired) electrons. The van der Waals surface area contributed by atoms with Gasteiger partial charge in [-0.25, -0.2) is 0 Å². The van der Waals surface area contributed by atoms with Gasteiger partial charge in [-0.3, -0.25) is 0 Å². The molecule has 1 nitrogen and oxygen atoms in total. The standard InChI is InChI=1S/C11H17N/c1-7(2)11-9(4)5-8(3)6-10(11)12/h5-7H,12H2,1-4H3. The molecule has 0 aliphatic rings. The van der Waals surface area contributed by atoms with Crippen LogP contribution in [-0.4, -0.2) is 0 Å². The van der Waals surface area contributed by atoms with E-state index in [4.69, 9.17) is 5.73 Å². The van der Waals surface area contributed by atoms with E-state index in [9.17, 15) is 0 Å². The van der Waals surface area contributed by atoms with Gasteiger partial charge in [0.1, 0.15) is 0 Å². The van der Waals surface area contributed by atoms with Gasteiger partial charge in [0.2, 0.25) is 0 Å². The van der Waals surface area contributed by atoms with Crippen LogP contribution in [0.25, 0.3) is 0 Å². The highest BCUT2D eigenvalue weighted by molar-refractivity contribution is 5.54. The van der Waals surface area contributed by atoms with E-state index in [0.29, 0.717) is 5.92 Å². The van der Waals surface area contributed by atoms with Crippen LogP contribution in [0.4, 0.5) is 5.69 Å². The summed E-state index contributed by atoms with van der Waals surface area (Å²) in [6, 6.07) is 4.23. The molecule has 66 valence electrons. The van der Waals surface area contributed by atoms with Crippen molar-refractivity contribution in [3.05, 3.63) is 28.8 Å². The second kappa shape index (κ2) is 3.18. The Morgan fingerprint density at radius 3 is 2.17 bits per heavy atom. The Bertz CT molecular complexity index is 264. The predicted molar refractivity (Wildman–Crippen MR) is 54.4 cm³/mol. The molecule has 0 aliphatic heterocycles. The van der Waals surface area contributed by atoms with Crippen LogP contribution >= 0.6 is 0 Å². The Morgan fingerprint density at radius 2 is 1.75 bits per heavy atom. The minimum atomic E-state index is 0.519.